The molecule has 0 aliphatic heterocycles. The quantitative estimate of drug-likeness (QED) is 0.524. The molecule has 2 aromatic rings. The highest BCUT2D eigenvalue weighted by Gasteiger charge is 2.05. The van der Waals surface area contributed by atoms with Gasteiger partial charge >= 0.3 is 0 Å². The van der Waals surface area contributed by atoms with Crippen LogP contribution >= 0.6 is 23.1 Å². The maximum atomic E-state index is 11.3. The highest BCUT2D eigenvalue weighted by atomic mass is 32.2. The van der Waals surface area contributed by atoms with Gasteiger partial charge in [-0.25, -0.2) is 4.98 Å². The van der Waals surface area contributed by atoms with Crippen molar-refractivity contribution < 1.29 is 4.79 Å². The van der Waals surface area contributed by atoms with E-state index in [0.29, 0.717) is 11.4 Å². The van der Waals surface area contributed by atoms with Crippen LogP contribution in [0.3, 0.4) is 0 Å². The lowest BCUT2D eigenvalue weighted by Gasteiger charge is -2.01. The predicted octanol–water partition coefficient (Wildman–Crippen LogP) is 3.04. The number of amides is 1. The number of thiazole rings is 1. The smallest absolute Gasteiger partial charge is 0.246 e. The van der Waals surface area contributed by atoms with Gasteiger partial charge in [-0.2, -0.15) is 0 Å². The van der Waals surface area contributed by atoms with E-state index in [1.807, 2.05) is 24.3 Å². The molecule has 1 amide bonds. The second-order valence-electron chi connectivity index (χ2n) is 3.52. The van der Waals surface area contributed by atoms with Crippen LogP contribution in [0.4, 0.5) is 0 Å². The second kappa shape index (κ2) is 5.33. The average molecular weight is 264 g/mol. The van der Waals surface area contributed by atoms with E-state index in [0.717, 1.165) is 9.86 Å². The van der Waals surface area contributed by atoms with Gasteiger partial charge in [0, 0.05) is 5.57 Å². The molecule has 0 bridgehead atoms. The molecule has 0 fully saturated rings. The van der Waals surface area contributed by atoms with Gasteiger partial charge in [0.05, 0.1) is 16.1 Å². The summed E-state index contributed by atoms with van der Waals surface area (Å²) >= 11 is 3.16. The summed E-state index contributed by atoms with van der Waals surface area (Å²) in [6.07, 6.45) is 0. The number of rotatable bonds is 4. The van der Waals surface area contributed by atoms with E-state index in [1.165, 1.54) is 16.5 Å². The Hall–Kier alpha value is -1.33. The molecule has 0 spiro atoms. The van der Waals surface area contributed by atoms with Gasteiger partial charge in [0.25, 0.3) is 0 Å². The van der Waals surface area contributed by atoms with Gasteiger partial charge in [-0.05, 0) is 19.1 Å². The molecule has 1 N–H and O–H groups in total. The molecule has 1 aromatic heterocycles. The molecule has 1 heterocycles. The zero-order valence-corrected chi connectivity index (χ0v) is 11.0. The third kappa shape index (κ3) is 3.08. The third-order valence-electron chi connectivity index (χ3n) is 2.09. The molecular weight excluding hydrogens is 252 g/mol. The van der Waals surface area contributed by atoms with Crippen LogP contribution in [-0.4, -0.2) is 16.8 Å². The van der Waals surface area contributed by atoms with E-state index in [9.17, 15) is 4.79 Å². The van der Waals surface area contributed by atoms with Gasteiger partial charge in [0.1, 0.15) is 0 Å². The fraction of sp³-hybridized carbons (Fsp3) is 0.167. The lowest BCUT2D eigenvalue weighted by Crippen LogP contribution is -2.22. The predicted molar refractivity (Wildman–Crippen MR) is 73.3 cm³/mol. The summed E-state index contributed by atoms with van der Waals surface area (Å²) in [6.45, 7) is 5.27. The minimum absolute atomic E-state index is 0.112. The first kappa shape index (κ1) is 12.1. The Morgan fingerprint density at radius 3 is 3.00 bits per heavy atom. The lowest BCUT2D eigenvalue weighted by molar-refractivity contribution is -0.117. The molecule has 0 unspecified atom stereocenters. The minimum atomic E-state index is -0.112. The van der Waals surface area contributed by atoms with Crippen molar-refractivity contribution in [3.8, 4) is 0 Å². The van der Waals surface area contributed by atoms with Crippen LogP contribution in [0.15, 0.2) is 40.8 Å². The molecule has 88 valence electrons. The van der Waals surface area contributed by atoms with Crippen LogP contribution in [0, 0.1) is 0 Å². The summed E-state index contributed by atoms with van der Waals surface area (Å²) < 4.78 is 2.13. The number of carbonyl (C=O) groups excluding carboxylic acids is 1. The molecule has 2 rings (SSSR count). The van der Waals surface area contributed by atoms with E-state index in [2.05, 4.69) is 16.9 Å². The van der Waals surface area contributed by atoms with Gasteiger partial charge in [0.15, 0.2) is 4.34 Å². The molecule has 17 heavy (non-hydrogen) atoms. The Bertz CT molecular complexity index is 529. The molecule has 0 radical (unpaired) electrons. The van der Waals surface area contributed by atoms with Gasteiger partial charge in [-0.15, -0.1) is 11.3 Å². The van der Waals surface area contributed by atoms with Gasteiger partial charge < -0.3 is 5.32 Å². The number of nitrogens with zero attached hydrogens (tertiary/aromatic N) is 1. The number of benzene rings is 1. The van der Waals surface area contributed by atoms with Crippen LogP contribution in [0.5, 0.6) is 0 Å². The molecule has 5 heteroatoms. The topological polar surface area (TPSA) is 42.0 Å². The summed E-state index contributed by atoms with van der Waals surface area (Å²) in [5, 5.41) is 2.77. The molecule has 0 aliphatic carbocycles. The lowest BCUT2D eigenvalue weighted by atomic mass is 10.3. The zero-order chi connectivity index (χ0) is 12.3. The Morgan fingerprint density at radius 2 is 2.29 bits per heavy atom. The molecule has 0 saturated carbocycles. The first-order valence-corrected chi connectivity index (χ1v) is 6.89. The van der Waals surface area contributed by atoms with Crippen molar-refractivity contribution in [2.75, 3.05) is 5.88 Å². The number of thioether (sulfide) groups is 1. The Morgan fingerprint density at radius 1 is 1.53 bits per heavy atom. The van der Waals surface area contributed by atoms with Crippen LogP contribution in [-0.2, 0) is 4.79 Å². The largest absolute Gasteiger partial charge is 0.343 e. The van der Waals surface area contributed by atoms with Crippen molar-refractivity contribution in [3.05, 3.63) is 36.4 Å². The van der Waals surface area contributed by atoms with E-state index in [1.54, 1.807) is 18.3 Å². The average Bonchev–Trinajstić information content (AvgIpc) is 2.71. The van der Waals surface area contributed by atoms with Crippen molar-refractivity contribution in [2.45, 2.75) is 11.3 Å². The molecule has 1 aromatic carbocycles. The Balaban J connectivity index is 1.95. The highest BCUT2D eigenvalue weighted by molar-refractivity contribution is 8.01. The SMILES string of the molecule is C=C(C)C(=O)NCSc1nc2ccccc2s1. The van der Waals surface area contributed by atoms with Crippen molar-refractivity contribution in [3.63, 3.8) is 0 Å². The Labute approximate surface area is 108 Å². The van der Waals surface area contributed by atoms with Crippen LogP contribution in [0.25, 0.3) is 10.2 Å². The van der Waals surface area contributed by atoms with Crippen molar-refractivity contribution in [1.29, 1.82) is 0 Å². The number of para-hydroxylation sites is 1. The van der Waals surface area contributed by atoms with E-state index in [-0.39, 0.29) is 5.91 Å². The van der Waals surface area contributed by atoms with Gasteiger partial charge in [-0.3, -0.25) is 4.79 Å². The molecule has 0 aliphatic rings. The van der Waals surface area contributed by atoms with E-state index in [4.69, 9.17) is 0 Å². The summed E-state index contributed by atoms with van der Waals surface area (Å²) in [5.74, 6) is 0.407. The van der Waals surface area contributed by atoms with Gasteiger partial charge in [-0.1, -0.05) is 30.5 Å². The van der Waals surface area contributed by atoms with Crippen molar-refractivity contribution >= 4 is 39.2 Å². The normalized spacial score (nSPS) is 10.4. The fourth-order valence-electron chi connectivity index (χ4n) is 1.23. The zero-order valence-electron chi connectivity index (χ0n) is 9.40. The Kier molecular flexibility index (Phi) is 3.81. The van der Waals surface area contributed by atoms with Crippen LogP contribution in [0.1, 0.15) is 6.92 Å². The molecular formula is C12H12N2OS2. The standard InChI is InChI=1S/C12H12N2OS2/c1-8(2)11(15)13-7-16-12-14-9-5-3-4-6-10(9)17-12/h3-6H,1,7H2,2H3,(H,13,15). The highest BCUT2D eigenvalue weighted by Crippen LogP contribution is 2.28. The monoisotopic (exact) mass is 264 g/mol. The molecule has 0 atom stereocenters. The minimum Gasteiger partial charge on any atom is -0.343 e. The van der Waals surface area contributed by atoms with Crippen LogP contribution < -0.4 is 5.32 Å². The number of hydrogen-bond donors (Lipinski definition) is 1. The van der Waals surface area contributed by atoms with Crippen molar-refractivity contribution in [2.24, 2.45) is 0 Å². The maximum absolute atomic E-state index is 11.3. The number of nitrogens with one attached hydrogen (secondary N) is 1. The maximum Gasteiger partial charge on any atom is 0.246 e. The van der Waals surface area contributed by atoms with E-state index < -0.39 is 0 Å². The molecule has 0 saturated heterocycles. The summed E-state index contributed by atoms with van der Waals surface area (Å²) in [5.41, 5.74) is 1.53. The number of aromatic nitrogens is 1. The summed E-state index contributed by atoms with van der Waals surface area (Å²) in [4.78, 5) is 15.7. The van der Waals surface area contributed by atoms with Crippen LogP contribution in [0.2, 0.25) is 0 Å². The summed E-state index contributed by atoms with van der Waals surface area (Å²) in [6, 6.07) is 8.00. The first-order chi connectivity index (χ1) is 8.16. The summed E-state index contributed by atoms with van der Waals surface area (Å²) in [7, 11) is 0. The third-order valence-corrected chi connectivity index (χ3v) is 4.15. The number of hydrogen-bond acceptors (Lipinski definition) is 4. The molecule has 3 nitrogen and oxygen atoms in total. The van der Waals surface area contributed by atoms with Gasteiger partial charge in [0.2, 0.25) is 5.91 Å². The number of fused-ring (bicyclic) bond motifs is 1. The van der Waals surface area contributed by atoms with E-state index >= 15 is 0 Å². The fourth-order valence-corrected chi connectivity index (χ4v) is 3.10. The second-order valence-corrected chi connectivity index (χ2v) is 5.78. The van der Waals surface area contributed by atoms with Crippen molar-refractivity contribution in [1.82, 2.24) is 10.3 Å². The number of carbonyl (C=O) groups is 1. The first-order valence-electron chi connectivity index (χ1n) is 5.09.